The summed E-state index contributed by atoms with van der Waals surface area (Å²) in [6.45, 7) is 6.18. The lowest BCUT2D eigenvalue weighted by Crippen LogP contribution is -2.47. The zero-order valence-electron chi connectivity index (χ0n) is 13.5. The van der Waals surface area contributed by atoms with Crippen LogP contribution in [0.2, 0.25) is 0 Å². The Bertz CT molecular complexity index is 437. The lowest BCUT2D eigenvalue weighted by Gasteiger charge is -2.30. The number of hydrogen-bond donors (Lipinski definition) is 1. The Morgan fingerprint density at radius 3 is 2.57 bits per heavy atom. The van der Waals surface area contributed by atoms with Gasteiger partial charge in [0.2, 0.25) is 11.8 Å². The van der Waals surface area contributed by atoms with Gasteiger partial charge in [-0.2, -0.15) is 0 Å². The van der Waals surface area contributed by atoms with E-state index < -0.39 is 0 Å². The third-order valence-corrected chi connectivity index (χ3v) is 6.11. The van der Waals surface area contributed by atoms with Crippen LogP contribution >= 0.6 is 0 Å². The van der Waals surface area contributed by atoms with E-state index in [0.717, 1.165) is 18.3 Å². The molecule has 6 atom stereocenters. The van der Waals surface area contributed by atoms with E-state index in [0.29, 0.717) is 18.4 Å². The van der Waals surface area contributed by atoms with Gasteiger partial charge in [0.25, 0.3) is 0 Å². The average Bonchev–Trinajstić information content (AvgIpc) is 3.14. The topological polar surface area (TPSA) is 49.4 Å². The molecule has 0 spiro atoms. The average molecular weight is 292 g/mol. The van der Waals surface area contributed by atoms with E-state index in [4.69, 9.17) is 0 Å². The number of carbonyl (C=O) groups excluding carboxylic acids is 2. The van der Waals surface area contributed by atoms with Crippen LogP contribution in [0.5, 0.6) is 0 Å². The molecule has 3 fully saturated rings. The molecule has 1 saturated heterocycles. The second-order valence-corrected chi connectivity index (χ2v) is 7.41. The number of carbonyl (C=O) groups is 2. The Labute approximate surface area is 127 Å². The SMILES string of the molecule is CCC(C)N1C(=O)CC(NC(C)C2CC3CCC2C3)C1=O. The third kappa shape index (κ3) is 2.63. The highest BCUT2D eigenvalue weighted by Crippen LogP contribution is 2.49. The van der Waals surface area contributed by atoms with Crippen molar-refractivity contribution >= 4 is 11.8 Å². The molecule has 21 heavy (non-hydrogen) atoms. The van der Waals surface area contributed by atoms with E-state index in [-0.39, 0.29) is 23.9 Å². The first-order valence-corrected chi connectivity index (χ1v) is 8.63. The summed E-state index contributed by atoms with van der Waals surface area (Å²) in [4.78, 5) is 26.0. The van der Waals surface area contributed by atoms with E-state index in [2.05, 4.69) is 12.2 Å². The number of nitrogens with one attached hydrogen (secondary N) is 1. The van der Waals surface area contributed by atoms with Gasteiger partial charge in [0, 0.05) is 12.1 Å². The molecule has 0 aromatic heterocycles. The number of rotatable bonds is 5. The Hall–Kier alpha value is -0.900. The molecule has 2 saturated carbocycles. The van der Waals surface area contributed by atoms with Crippen LogP contribution in [-0.2, 0) is 9.59 Å². The molecule has 4 nitrogen and oxygen atoms in total. The van der Waals surface area contributed by atoms with Crippen LogP contribution < -0.4 is 5.32 Å². The van der Waals surface area contributed by atoms with Gasteiger partial charge in [0.1, 0.15) is 0 Å². The van der Waals surface area contributed by atoms with E-state index >= 15 is 0 Å². The van der Waals surface area contributed by atoms with Crippen LogP contribution in [0.15, 0.2) is 0 Å². The minimum absolute atomic E-state index is 0.00741. The van der Waals surface area contributed by atoms with E-state index in [1.165, 1.54) is 30.6 Å². The molecule has 2 aliphatic carbocycles. The van der Waals surface area contributed by atoms with Gasteiger partial charge in [0.15, 0.2) is 0 Å². The zero-order chi connectivity index (χ0) is 15.1. The summed E-state index contributed by atoms with van der Waals surface area (Å²) in [5, 5.41) is 3.48. The predicted octanol–water partition coefficient (Wildman–Crippen LogP) is 2.33. The maximum atomic E-state index is 12.5. The molecule has 0 radical (unpaired) electrons. The molecule has 0 aromatic rings. The van der Waals surface area contributed by atoms with Crippen molar-refractivity contribution in [3.05, 3.63) is 0 Å². The highest BCUT2D eigenvalue weighted by Gasteiger charge is 2.45. The number of nitrogens with zero attached hydrogens (tertiary/aromatic N) is 1. The van der Waals surface area contributed by atoms with E-state index in [1.54, 1.807) is 0 Å². The van der Waals surface area contributed by atoms with Crippen molar-refractivity contribution in [1.29, 1.82) is 0 Å². The lowest BCUT2D eigenvalue weighted by atomic mass is 9.83. The fourth-order valence-electron chi connectivity index (χ4n) is 4.77. The Morgan fingerprint density at radius 1 is 1.24 bits per heavy atom. The van der Waals surface area contributed by atoms with Gasteiger partial charge in [-0.25, -0.2) is 0 Å². The quantitative estimate of drug-likeness (QED) is 0.791. The summed E-state index contributed by atoms with van der Waals surface area (Å²) in [5.41, 5.74) is 0. The molecule has 1 aliphatic heterocycles. The first-order chi connectivity index (χ1) is 10.0. The van der Waals surface area contributed by atoms with Crippen LogP contribution in [0.1, 0.15) is 59.3 Å². The summed E-state index contributed by atoms with van der Waals surface area (Å²) in [6.07, 6.45) is 6.62. The molecule has 1 heterocycles. The van der Waals surface area contributed by atoms with Crippen molar-refractivity contribution in [2.24, 2.45) is 17.8 Å². The van der Waals surface area contributed by atoms with Crippen LogP contribution in [0.3, 0.4) is 0 Å². The number of amides is 2. The summed E-state index contributed by atoms with van der Waals surface area (Å²) in [5.74, 6) is 2.44. The largest absolute Gasteiger partial charge is 0.303 e. The van der Waals surface area contributed by atoms with Crippen molar-refractivity contribution in [1.82, 2.24) is 10.2 Å². The van der Waals surface area contributed by atoms with Gasteiger partial charge in [-0.05, 0) is 57.3 Å². The first kappa shape index (κ1) is 15.0. The van der Waals surface area contributed by atoms with Crippen LogP contribution in [0.25, 0.3) is 0 Å². The number of fused-ring (bicyclic) bond motifs is 2. The Balaban J connectivity index is 1.60. The van der Waals surface area contributed by atoms with Crippen LogP contribution in [0.4, 0.5) is 0 Å². The predicted molar refractivity (Wildman–Crippen MR) is 81.5 cm³/mol. The third-order valence-electron chi connectivity index (χ3n) is 6.11. The van der Waals surface area contributed by atoms with Gasteiger partial charge in [-0.3, -0.25) is 14.5 Å². The minimum Gasteiger partial charge on any atom is -0.303 e. The second kappa shape index (κ2) is 5.71. The molecule has 118 valence electrons. The van der Waals surface area contributed by atoms with E-state index in [1.807, 2.05) is 13.8 Å². The van der Waals surface area contributed by atoms with Crippen molar-refractivity contribution in [3.63, 3.8) is 0 Å². The normalized spacial score (nSPS) is 38.3. The molecule has 6 unspecified atom stereocenters. The number of hydrogen-bond acceptors (Lipinski definition) is 3. The number of imide groups is 1. The Morgan fingerprint density at radius 2 is 2.00 bits per heavy atom. The van der Waals surface area contributed by atoms with E-state index in [9.17, 15) is 9.59 Å². The van der Waals surface area contributed by atoms with Gasteiger partial charge in [-0.15, -0.1) is 0 Å². The molecular formula is C17H28N2O2. The van der Waals surface area contributed by atoms with Crippen molar-refractivity contribution in [2.45, 2.75) is 77.4 Å². The molecule has 3 rings (SSSR count). The minimum atomic E-state index is -0.291. The molecule has 1 N–H and O–H groups in total. The maximum absolute atomic E-state index is 12.5. The molecule has 4 heteroatoms. The summed E-state index contributed by atoms with van der Waals surface area (Å²) < 4.78 is 0. The molecular weight excluding hydrogens is 264 g/mol. The highest BCUT2D eigenvalue weighted by atomic mass is 16.2. The smallest absolute Gasteiger partial charge is 0.247 e. The Kier molecular flexibility index (Phi) is 4.08. The van der Waals surface area contributed by atoms with Gasteiger partial charge in [-0.1, -0.05) is 13.3 Å². The molecule has 3 aliphatic rings. The monoisotopic (exact) mass is 292 g/mol. The van der Waals surface area contributed by atoms with Crippen molar-refractivity contribution in [2.75, 3.05) is 0 Å². The summed E-state index contributed by atoms with van der Waals surface area (Å²) >= 11 is 0. The summed E-state index contributed by atoms with van der Waals surface area (Å²) in [7, 11) is 0. The molecule has 2 amide bonds. The highest BCUT2D eigenvalue weighted by molar-refractivity contribution is 6.05. The van der Waals surface area contributed by atoms with Crippen LogP contribution in [-0.4, -0.2) is 34.8 Å². The molecule has 0 aromatic carbocycles. The van der Waals surface area contributed by atoms with Crippen molar-refractivity contribution in [3.8, 4) is 0 Å². The van der Waals surface area contributed by atoms with Gasteiger partial charge >= 0.3 is 0 Å². The fourth-order valence-corrected chi connectivity index (χ4v) is 4.77. The standard InChI is InChI=1S/C17H28N2O2/c1-4-10(2)19-16(20)9-15(17(19)21)18-11(3)14-8-12-5-6-13(14)7-12/h10-15,18H,4-9H2,1-3H3. The lowest BCUT2D eigenvalue weighted by molar-refractivity contribution is -0.141. The van der Waals surface area contributed by atoms with Crippen LogP contribution in [0, 0.1) is 17.8 Å². The maximum Gasteiger partial charge on any atom is 0.247 e. The number of likely N-dealkylation sites (tertiary alicyclic amines) is 1. The second-order valence-electron chi connectivity index (χ2n) is 7.41. The first-order valence-electron chi connectivity index (χ1n) is 8.63. The van der Waals surface area contributed by atoms with Gasteiger partial charge in [0.05, 0.1) is 12.5 Å². The fraction of sp³-hybridized carbons (Fsp3) is 0.882. The van der Waals surface area contributed by atoms with Gasteiger partial charge < -0.3 is 5.32 Å². The zero-order valence-corrected chi connectivity index (χ0v) is 13.5. The summed E-state index contributed by atoms with van der Waals surface area (Å²) in [6, 6.07) is 0.0779. The molecule has 2 bridgehead atoms. The van der Waals surface area contributed by atoms with Crippen molar-refractivity contribution < 1.29 is 9.59 Å².